The van der Waals surface area contributed by atoms with Gasteiger partial charge in [0, 0.05) is 5.69 Å². The van der Waals surface area contributed by atoms with Gasteiger partial charge in [0.2, 0.25) is 0 Å². The Kier molecular flexibility index (Phi) is 2.20. The fraction of sp³-hybridized carbons (Fsp3) is 0.455. The lowest BCUT2D eigenvalue weighted by Gasteiger charge is -2.35. The van der Waals surface area contributed by atoms with Crippen LogP contribution in [0.1, 0.15) is 30.5 Å². The molecule has 2 nitrogen and oxygen atoms in total. The first-order valence-electron chi connectivity index (χ1n) is 4.72. The smallest absolute Gasteiger partial charge is 0.129 e. The minimum Gasteiger partial charge on any atom is -0.241 e. The van der Waals surface area contributed by atoms with Crippen molar-refractivity contribution in [2.45, 2.75) is 31.6 Å². The van der Waals surface area contributed by atoms with Crippen LogP contribution >= 0.6 is 11.6 Å². The van der Waals surface area contributed by atoms with Crippen LogP contribution in [0.3, 0.4) is 0 Å². The Bertz CT molecular complexity index is 382. The van der Waals surface area contributed by atoms with Gasteiger partial charge in [0.1, 0.15) is 5.15 Å². The number of nitriles is 1. The van der Waals surface area contributed by atoms with Crippen LogP contribution in [0.2, 0.25) is 5.15 Å². The van der Waals surface area contributed by atoms with E-state index in [1.54, 1.807) is 0 Å². The number of nitrogens with zero attached hydrogens (tertiary/aromatic N) is 2. The van der Waals surface area contributed by atoms with Gasteiger partial charge in [-0.3, -0.25) is 0 Å². The third-order valence-electron chi connectivity index (χ3n) is 2.90. The predicted octanol–water partition coefficient (Wildman–Crippen LogP) is 2.99. The van der Waals surface area contributed by atoms with Gasteiger partial charge < -0.3 is 0 Å². The molecule has 72 valence electrons. The summed E-state index contributed by atoms with van der Waals surface area (Å²) >= 11 is 5.87. The van der Waals surface area contributed by atoms with Crippen LogP contribution in [-0.2, 0) is 5.41 Å². The van der Waals surface area contributed by atoms with E-state index in [2.05, 4.69) is 11.1 Å². The highest BCUT2D eigenvalue weighted by Crippen LogP contribution is 2.43. The lowest BCUT2D eigenvalue weighted by molar-refractivity contribution is 0.323. The second-order valence-corrected chi connectivity index (χ2v) is 4.25. The molecule has 1 saturated carbocycles. The summed E-state index contributed by atoms with van der Waals surface area (Å²) in [4.78, 5) is 4.10. The summed E-state index contributed by atoms with van der Waals surface area (Å²) in [6.45, 7) is 1.90. The van der Waals surface area contributed by atoms with Crippen LogP contribution in [0.25, 0.3) is 0 Å². The van der Waals surface area contributed by atoms with E-state index in [1.807, 2.05) is 19.1 Å². The molecule has 1 fully saturated rings. The Morgan fingerprint density at radius 1 is 1.50 bits per heavy atom. The van der Waals surface area contributed by atoms with Crippen molar-refractivity contribution in [3.63, 3.8) is 0 Å². The minimum absolute atomic E-state index is 0.280. The van der Waals surface area contributed by atoms with Crippen LogP contribution in [0.15, 0.2) is 12.1 Å². The fourth-order valence-electron chi connectivity index (χ4n) is 1.90. The van der Waals surface area contributed by atoms with E-state index in [0.717, 1.165) is 30.5 Å². The van der Waals surface area contributed by atoms with E-state index < -0.39 is 0 Å². The predicted molar refractivity (Wildman–Crippen MR) is 55.1 cm³/mol. The van der Waals surface area contributed by atoms with Gasteiger partial charge in [-0.15, -0.1) is 0 Å². The molecule has 0 atom stereocenters. The molecule has 0 saturated heterocycles. The van der Waals surface area contributed by atoms with Crippen molar-refractivity contribution in [2.24, 2.45) is 0 Å². The average molecular weight is 207 g/mol. The van der Waals surface area contributed by atoms with E-state index in [-0.39, 0.29) is 5.41 Å². The molecule has 1 aliphatic carbocycles. The standard InChI is InChI=1S/C11H11ClN2/c1-8-5-9(6-10(12)14-8)11(7-13)3-2-4-11/h5-6H,2-4H2,1H3. The van der Waals surface area contributed by atoms with Crippen LogP contribution in [-0.4, -0.2) is 4.98 Å². The quantitative estimate of drug-likeness (QED) is 0.663. The van der Waals surface area contributed by atoms with E-state index in [9.17, 15) is 0 Å². The second-order valence-electron chi connectivity index (χ2n) is 3.87. The lowest BCUT2D eigenvalue weighted by atomic mass is 9.66. The van der Waals surface area contributed by atoms with Crippen LogP contribution in [0, 0.1) is 18.3 Å². The number of hydrogen-bond donors (Lipinski definition) is 0. The van der Waals surface area contributed by atoms with Crippen molar-refractivity contribution in [1.29, 1.82) is 5.26 Å². The highest BCUT2D eigenvalue weighted by molar-refractivity contribution is 6.29. The summed E-state index contributed by atoms with van der Waals surface area (Å²) in [5.74, 6) is 0. The van der Waals surface area contributed by atoms with Crippen molar-refractivity contribution in [3.8, 4) is 6.07 Å². The Morgan fingerprint density at radius 3 is 2.64 bits per heavy atom. The van der Waals surface area contributed by atoms with E-state index in [1.165, 1.54) is 0 Å². The molecular weight excluding hydrogens is 196 g/mol. The molecule has 0 N–H and O–H groups in total. The van der Waals surface area contributed by atoms with E-state index >= 15 is 0 Å². The van der Waals surface area contributed by atoms with Crippen molar-refractivity contribution in [1.82, 2.24) is 4.98 Å². The zero-order chi connectivity index (χ0) is 10.2. The maximum absolute atomic E-state index is 9.16. The van der Waals surface area contributed by atoms with Gasteiger partial charge in [0.15, 0.2) is 0 Å². The molecule has 1 aliphatic rings. The largest absolute Gasteiger partial charge is 0.241 e. The van der Waals surface area contributed by atoms with Gasteiger partial charge in [0.05, 0.1) is 11.5 Å². The number of rotatable bonds is 1. The zero-order valence-electron chi connectivity index (χ0n) is 8.05. The molecule has 1 aromatic heterocycles. The highest BCUT2D eigenvalue weighted by atomic mass is 35.5. The van der Waals surface area contributed by atoms with Gasteiger partial charge in [-0.05, 0) is 43.9 Å². The second kappa shape index (κ2) is 3.25. The Labute approximate surface area is 88.5 Å². The molecule has 0 amide bonds. The number of pyridine rings is 1. The van der Waals surface area contributed by atoms with Gasteiger partial charge in [-0.25, -0.2) is 4.98 Å². The maximum Gasteiger partial charge on any atom is 0.129 e. The molecular formula is C11H11ClN2. The first-order valence-corrected chi connectivity index (χ1v) is 5.10. The summed E-state index contributed by atoms with van der Waals surface area (Å²) in [6, 6.07) is 6.18. The Hall–Kier alpha value is -1.07. The molecule has 0 aromatic carbocycles. The molecule has 0 bridgehead atoms. The van der Waals surface area contributed by atoms with E-state index in [0.29, 0.717) is 5.15 Å². The highest BCUT2D eigenvalue weighted by Gasteiger charge is 2.39. The molecule has 2 rings (SSSR count). The molecule has 1 aromatic rings. The molecule has 0 unspecified atom stereocenters. The summed E-state index contributed by atoms with van der Waals surface area (Å²) in [5, 5.41) is 9.65. The molecule has 0 aliphatic heterocycles. The van der Waals surface area contributed by atoms with E-state index in [4.69, 9.17) is 16.9 Å². The first kappa shape index (κ1) is 9.48. The number of hydrogen-bond acceptors (Lipinski definition) is 2. The first-order chi connectivity index (χ1) is 6.66. The summed E-state index contributed by atoms with van der Waals surface area (Å²) in [6.07, 6.45) is 3.03. The third-order valence-corrected chi connectivity index (χ3v) is 3.09. The monoisotopic (exact) mass is 206 g/mol. The molecule has 0 radical (unpaired) electrons. The molecule has 1 heterocycles. The Balaban J connectivity index is 2.46. The molecule has 3 heteroatoms. The van der Waals surface area contributed by atoms with Gasteiger partial charge in [0.25, 0.3) is 0 Å². The van der Waals surface area contributed by atoms with Crippen molar-refractivity contribution in [3.05, 3.63) is 28.5 Å². The van der Waals surface area contributed by atoms with Crippen molar-refractivity contribution < 1.29 is 0 Å². The number of aromatic nitrogens is 1. The fourth-order valence-corrected chi connectivity index (χ4v) is 2.15. The SMILES string of the molecule is Cc1cc(C2(C#N)CCC2)cc(Cl)n1. The normalized spacial score (nSPS) is 18.4. The zero-order valence-corrected chi connectivity index (χ0v) is 8.80. The van der Waals surface area contributed by atoms with Crippen LogP contribution in [0.5, 0.6) is 0 Å². The third kappa shape index (κ3) is 1.38. The average Bonchev–Trinajstić information content (AvgIpc) is 2.01. The lowest BCUT2D eigenvalue weighted by Crippen LogP contribution is -2.32. The van der Waals surface area contributed by atoms with Gasteiger partial charge in [-0.2, -0.15) is 5.26 Å². The number of halogens is 1. The van der Waals surface area contributed by atoms with Crippen molar-refractivity contribution in [2.75, 3.05) is 0 Å². The summed E-state index contributed by atoms with van der Waals surface area (Å²) in [5.41, 5.74) is 1.63. The summed E-state index contributed by atoms with van der Waals surface area (Å²) in [7, 11) is 0. The van der Waals surface area contributed by atoms with Crippen LogP contribution < -0.4 is 0 Å². The van der Waals surface area contributed by atoms with Crippen molar-refractivity contribution >= 4 is 11.6 Å². The van der Waals surface area contributed by atoms with Gasteiger partial charge >= 0.3 is 0 Å². The summed E-state index contributed by atoms with van der Waals surface area (Å²) < 4.78 is 0. The Morgan fingerprint density at radius 2 is 2.21 bits per heavy atom. The topological polar surface area (TPSA) is 36.7 Å². The molecule has 14 heavy (non-hydrogen) atoms. The van der Waals surface area contributed by atoms with Gasteiger partial charge in [-0.1, -0.05) is 11.6 Å². The van der Waals surface area contributed by atoms with Crippen LogP contribution in [0.4, 0.5) is 0 Å². The molecule has 0 spiro atoms. The minimum atomic E-state index is -0.280. The number of aryl methyl sites for hydroxylation is 1. The maximum atomic E-state index is 9.16.